The second kappa shape index (κ2) is 9.30. The summed E-state index contributed by atoms with van der Waals surface area (Å²) < 4.78 is 20.9. The fourth-order valence-electron chi connectivity index (χ4n) is 3.53. The molecule has 0 amide bonds. The summed E-state index contributed by atoms with van der Waals surface area (Å²) >= 11 is 0. The van der Waals surface area contributed by atoms with Crippen LogP contribution in [0.15, 0.2) is 24.3 Å². The highest BCUT2D eigenvalue weighted by Crippen LogP contribution is 2.28. The summed E-state index contributed by atoms with van der Waals surface area (Å²) in [6, 6.07) is 6.65. The van der Waals surface area contributed by atoms with Gasteiger partial charge in [-0.3, -0.25) is 0 Å². The Morgan fingerprint density at radius 1 is 1.22 bits per heavy atom. The molecule has 0 bridgehead atoms. The summed E-state index contributed by atoms with van der Waals surface area (Å²) in [6.45, 7) is 11.4. The number of piperazine rings is 1. The SMILES string of the molecule is CCN1CCN(c2c(CNCCOC)c(C)nn2-c2cccc(F)c2)CC1. The molecule has 1 fully saturated rings. The summed E-state index contributed by atoms with van der Waals surface area (Å²) in [5.74, 6) is 0.820. The average Bonchev–Trinajstić information content (AvgIpc) is 3.02. The first kappa shape index (κ1) is 19.8. The summed E-state index contributed by atoms with van der Waals surface area (Å²) in [4.78, 5) is 4.83. The number of aryl methyl sites for hydroxylation is 1. The summed E-state index contributed by atoms with van der Waals surface area (Å²) in [7, 11) is 1.70. The Morgan fingerprint density at radius 2 is 2.00 bits per heavy atom. The van der Waals surface area contributed by atoms with Crippen LogP contribution in [-0.4, -0.2) is 67.7 Å². The van der Waals surface area contributed by atoms with Crippen molar-refractivity contribution in [3.63, 3.8) is 0 Å². The average molecular weight is 375 g/mol. The molecular weight excluding hydrogens is 345 g/mol. The second-order valence-electron chi connectivity index (χ2n) is 6.87. The summed E-state index contributed by atoms with van der Waals surface area (Å²) in [5, 5.41) is 8.19. The van der Waals surface area contributed by atoms with Crippen molar-refractivity contribution in [2.24, 2.45) is 0 Å². The fraction of sp³-hybridized carbons (Fsp3) is 0.550. The molecule has 27 heavy (non-hydrogen) atoms. The predicted octanol–water partition coefficient (Wildman–Crippen LogP) is 2.20. The molecule has 1 N–H and O–H groups in total. The Balaban J connectivity index is 1.93. The van der Waals surface area contributed by atoms with Crippen molar-refractivity contribution in [1.29, 1.82) is 0 Å². The lowest BCUT2D eigenvalue weighted by atomic mass is 10.2. The van der Waals surface area contributed by atoms with Gasteiger partial charge in [0, 0.05) is 51.9 Å². The van der Waals surface area contributed by atoms with Crippen LogP contribution in [0.5, 0.6) is 0 Å². The van der Waals surface area contributed by atoms with Crippen LogP contribution >= 0.6 is 0 Å². The van der Waals surface area contributed by atoms with E-state index in [0.29, 0.717) is 13.2 Å². The Morgan fingerprint density at radius 3 is 2.67 bits per heavy atom. The van der Waals surface area contributed by atoms with Crippen molar-refractivity contribution in [3.8, 4) is 5.69 Å². The first-order chi connectivity index (χ1) is 13.1. The van der Waals surface area contributed by atoms with Crippen LogP contribution in [0.3, 0.4) is 0 Å². The van der Waals surface area contributed by atoms with Crippen LogP contribution in [0.25, 0.3) is 5.69 Å². The van der Waals surface area contributed by atoms with Crippen LogP contribution < -0.4 is 10.2 Å². The van der Waals surface area contributed by atoms with Gasteiger partial charge in [0.15, 0.2) is 0 Å². The number of ether oxygens (including phenoxy) is 1. The number of benzene rings is 1. The fourth-order valence-corrected chi connectivity index (χ4v) is 3.53. The standard InChI is InChI=1S/C20H30FN5O/c1-4-24-9-11-25(12-10-24)20-19(15-22-8-13-27-3)16(2)23-26(20)18-7-5-6-17(21)14-18/h5-7,14,22H,4,8-13,15H2,1-3H3. The van der Waals surface area contributed by atoms with Gasteiger partial charge in [-0.2, -0.15) is 5.10 Å². The van der Waals surface area contributed by atoms with Gasteiger partial charge in [0.05, 0.1) is 18.0 Å². The number of rotatable bonds is 8. The maximum atomic E-state index is 13.8. The number of nitrogens with one attached hydrogen (secondary N) is 1. The van der Waals surface area contributed by atoms with E-state index in [2.05, 4.69) is 22.0 Å². The van der Waals surface area contributed by atoms with E-state index >= 15 is 0 Å². The maximum Gasteiger partial charge on any atom is 0.137 e. The number of halogens is 1. The van der Waals surface area contributed by atoms with Gasteiger partial charge < -0.3 is 19.9 Å². The molecule has 2 aromatic rings. The van der Waals surface area contributed by atoms with Gasteiger partial charge in [-0.05, 0) is 31.7 Å². The van der Waals surface area contributed by atoms with Crippen LogP contribution in [-0.2, 0) is 11.3 Å². The molecule has 0 spiro atoms. The molecule has 0 saturated carbocycles. The van der Waals surface area contributed by atoms with Gasteiger partial charge >= 0.3 is 0 Å². The van der Waals surface area contributed by atoms with Crippen LogP contribution in [0.2, 0.25) is 0 Å². The quantitative estimate of drug-likeness (QED) is 0.717. The molecule has 0 radical (unpaired) electrons. The third kappa shape index (κ3) is 4.66. The monoisotopic (exact) mass is 375 g/mol. The molecule has 148 valence electrons. The third-order valence-electron chi connectivity index (χ3n) is 5.11. The van der Waals surface area contributed by atoms with E-state index in [1.165, 1.54) is 11.6 Å². The van der Waals surface area contributed by atoms with E-state index in [0.717, 1.165) is 56.5 Å². The molecule has 0 atom stereocenters. The van der Waals surface area contributed by atoms with Crippen molar-refractivity contribution in [2.45, 2.75) is 20.4 Å². The molecule has 3 rings (SSSR count). The number of methoxy groups -OCH3 is 1. The molecular formula is C20H30FN5O. The minimum Gasteiger partial charge on any atom is -0.383 e. The molecule has 1 aliphatic rings. The largest absolute Gasteiger partial charge is 0.383 e. The molecule has 6 nitrogen and oxygen atoms in total. The van der Waals surface area contributed by atoms with Crippen molar-refractivity contribution < 1.29 is 9.13 Å². The number of likely N-dealkylation sites (N-methyl/N-ethyl adjacent to an activating group) is 1. The van der Waals surface area contributed by atoms with E-state index in [1.54, 1.807) is 19.2 Å². The van der Waals surface area contributed by atoms with E-state index < -0.39 is 0 Å². The summed E-state index contributed by atoms with van der Waals surface area (Å²) in [5.41, 5.74) is 2.89. The van der Waals surface area contributed by atoms with Crippen molar-refractivity contribution in [1.82, 2.24) is 20.0 Å². The van der Waals surface area contributed by atoms with Gasteiger partial charge in [-0.25, -0.2) is 9.07 Å². The minimum absolute atomic E-state index is 0.248. The minimum atomic E-state index is -0.248. The normalized spacial score (nSPS) is 15.5. The highest BCUT2D eigenvalue weighted by Gasteiger charge is 2.25. The topological polar surface area (TPSA) is 45.6 Å². The number of anilines is 1. The van der Waals surface area contributed by atoms with Crippen molar-refractivity contribution in [3.05, 3.63) is 41.3 Å². The lowest BCUT2D eigenvalue weighted by Gasteiger charge is -2.36. The Labute approximate surface area is 160 Å². The van der Waals surface area contributed by atoms with E-state index in [9.17, 15) is 4.39 Å². The maximum absolute atomic E-state index is 13.8. The summed E-state index contributed by atoms with van der Waals surface area (Å²) in [6.07, 6.45) is 0. The third-order valence-corrected chi connectivity index (χ3v) is 5.11. The zero-order chi connectivity index (χ0) is 19.2. The van der Waals surface area contributed by atoms with Crippen LogP contribution in [0.4, 0.5) is 10.2 Å². The number of hydrogen-bond donors (Lipinski definition) is 1. The molecule has 1 saturated heterocycles. The highest BCUT2D eigenvalue weighted by molar-refractivity contribution is 5.55. The highest BCUT2D eigenvalue weighted by atomic mass is 19.1. The van der Waals surface area contributed by atoms with Gasteiger partial charge in [0.25, 0.3) is 0 Å². The number of aromatic nitrogens is 2. The lowest BCUT2D eigenvalue weighted by molar-refractivity contribution is 0.199. The van der Waals surface area contributed by atoms with Crippen LogP contribution in [0, 0.1) is 12.7 Å². The molecule has 2 heterocycles. The van der Waals surface area contributed by atoms with Gasteiger partial charge in [0.1, 0.15) is 11.6 Å². The predicted molar refractivity (Wildman–Crippen MR) is 106 cm³/mol. The first-order valence-electron chi connectivity index (χ1n) is 9.65. The van der Waals surface area contributed by atoms with Gasteiger partial charge in [0.2, 0.25) is 0 Å². The first-order valence-corrected chi connectivity index (χ1v) is 9.65. The zero-order valence-corrected chi connectivity index (χ0v) is 16.5. The smallest absolute Gasteiger partial charge is 0.137 e. The number of hydrogen-bond acceptors (Lipinski definition) is 5. The molecule has 7 heteroatoms. The zero-order valence-electron chi connectivity index (χ0n) is 16.5. The van der Waals surface area contributed by atoms with Crippen molar-refractivity contribution >= 4 is 5.82 Å². The van der Waals surface area contributed by atoms with E-state index in [4.69, 9.17) is 9.84 Å². The Bertz CT molecular complexity index is 740. The van der Waals surface area contributed by atoms with E-state index in [1.807, 2.05) is 17.7 Å². The van der Waals surface area contributed by atoms with E-state index in [-0.39, 0.29) is 5.82 Å². The molecule has 0 aliphatic carbocycles. The number of nitrogens with zero attached hydrogens (tertiary/aromatic N) is 4. The van der Waals surface area contributed by atoms with Crippen molar-refractivity contribution in [2.75, 3.05) is 57.9 Å². The van der Waals surface area contributed by atoms with Gasteiger partial charge in [-0.1, -0.05) is 13.0 Å². The lowest BCUT2D eigenvalue weighted by Crippen LogP contribution is -2.47. The molecule has 1 aromatic heterocycles. The second-order valence-corrected chi connectivity index (χ2v) is 6.87. The van der Waals surface area contributed by atoms with Crippen LogP contribution in [0.1, 0.15) is 18.2 Å². The molecule has 0 unspecified atom stereocenters. The Hall–Kier alpha value is -1.96. The Kier molecular flexibility index (Phi) is 6.82. The van der Waals surface area contributed by atoms with Gasteiger partial charge in [-0.15, -0.1) is 0 Å². The molecule has 1 aromatic carbocycles. The molecule has 1 aliphatic heterocycles.